The van der Waals surface area contributed by atoms with Gasteiger partial charge < -0.3 is 25.1 Å². The normalized spacial score (nSPS) is 15.0. The Morgan fingerprint density at radius 3 is 2.64 bits per heavy atom. The predicted molar refractivity (Wildman–Crippen MR) is 90.2 cm³/mol. The van der Waals surface area contributed by atoms with Gasteiger partial charge in [0, 0.05) is 19.6 Å². The molecule has 0 radical (unpaired) electrons. The van der Waals surface area contributed by atoms with Gasteiger partial charge in [0.2, 0.25) is 0 Å². The van der Waals surface area contributed by atoms with E-state index in [-0.39, 0.29) is 6.54 Å². The van der Waals surface area contributed by atoms with E-state index >= 15 is 0 Å². The highest BCUT2D eigenvalue weighted by Crippen LogP contribution is 2.22. The Morgan fingerprint density at radius 2 is 2.09 bits per heavy atom. The van der Waals surface area contributed by atoms with Gasteiger partial charge in [-0.05, 0) is 46.5 Å². The maximum Gasteiger partial charge on any atom is 0.191 e. The second-order valence-electron chi connectivity index (χ2n) is 5.70. The number of hydrogen-bond donors (Lipinski definition) is 3. The van der Waals surface area contributed by atoms with Crippen molar-refractivity contribution >= 4 is 5.96 Å². The van der Waals surface area contributed by atoms with E-state index in [1.54, 1.807) is 13.0 Å². The number of aliphatic imine (C=N–C) groups is 1. The van der Waals surface area contributed by atoms with Crippen LogP contribution in [0.25, 0.3) is 0 Å². The molecule has 0 aliphatic carbocycles. The summed E-state index contributed by atoms with van der Waals surface area (Å²) in [6, 6.07) is 3.64. The summed E-state index contributed by atoms with van der Waals surface area (Å²) < 4.78 is 5.50. The van der Waals surface area contributed by atoms with E-state index in [9.17, 15) is 5.11 Å². The third kappa shape index (κ3) is 6.07. The first-order valence-electron chi connectivity index (χ1n) is 7.89. The van der Waals surface area contributed by atoms with Crippen molar-refractivity contribution in [1.29, 1.82) is 0 Å². The predicted octanol–water partition coefficient (Wildman–Crippen LogP) is 1.30. The van der Waals surface area contributed by atoms with Gasteiger partial charge in [-0.1, -0.05) is 6.92 Å². The largest absolute Gasteiger partial charge is 0.463 e. The number of nitrogens with one attached hydrogen (secondary N) is 2. The van der Waals surface area contributed by atoms with Gasteiger partial charge in [0.25, 0.3) is 0 Å². The molecule has 0 aliphatic rings. The maximum absolute atomic E-state index is 10.5. The molecular formula is C16H30N4O2. The second-order valence-corrected chi connectivity index (χ2v) is 5.70. The van der Waals surface area contributed by atoms with Crippen molar-refractivity contribution in [2.75, 3.05) is 39.8 Å². The molecule has 1 aromatic heterocycles. The van der Waals surface area contributed by atoms with Crippen LogP contribution in [0.4, 0.5) is 0 Å². The fraction of sp³-hybridized carbons (Fsp3) is 0.688. The molecule has 6 heteroatoms. The number of likely N-dealkylation sites (N-methyl/N-ethyl adjacent to an activating group) is 1. The Kier molecular flexibility index (Phi) is 7.41. The first-order valence-corrected chi connectivity index (χ1v) is 7.89. The summed E-state index contributed by atoms with van der Waals surface area (Å²) in [5.74, 6) is 2.03. The van der Waals surface area contributed by atoms with Crippen LogP contribution < -0.4 is 10.6 Å². The quantitative estimate of drug-likeness (QED) is 0.499. The van der Waals surface area contributed by atoms with E-state index in [2.05, 4.69) is 34.5 Å². The molecule has 0 spiro atoms. The summed E-state index contributed by atoms with van der Waals surface area (Å²) >= 11 is 0. The zero-order valence-corrected chi connectivity index (χ0v) is 14.4. The summed E-state index contributed by atoms with van der Waals surface area (Å²) in [4.78, 5) is 6.68. The van der Waals surface area contributed by atoms with Crippen molar-refractivity contribution in [1.82, 2.24) is 15.5 Å². The molecule has 1 heterocycles. The Balaban J connectivity index is 2.60. The fourth-order valence-corrected chi connectivity index (χ4v) is 1.90. The lowest BCUT2D eigenvalue weighted by atomic mass is 10.0. The highest BCUT2D eigenvalue weighted by Gasteiger charge is 2.26. The average molecular weight is 310 g/mol. The Bertz CT molecular complexity index is 468. The minimum atomic E-state index is -1.11. The molecule has 0 aromatic carbocycles. The van der Waals surface area contributed by atoms with Gasteiger partial charge in [0.05, 0.1) is 6.54 Å². The van der Waals surface area contributed by atoms with Gasteiger partial charge in [-0.3, -0.25) is 0 Å². The van der Waals surface area contributed by atoms with Crippen LogP contribution >= 0.6 is 0 Å². The van der Waals surface area contributed by atoms with Gasteiger partial charge in [-0.25, -0.2) is 4.99 Å². The highest BCUT2D eigenvalue weighted by atomic mass is 16.4. The number of nitrogens with zero attached hydrogens (tertiary/aromatic N) is 2. The lowest BCUT2D eigenvalue weighted by Gasteiger charge is -2.20. The summed E-state index contributed by atoms with van der Waals surface area (Å²) in [5, 5.41) is 17.0. The minimum absolute atomic E-state index is 0.235. The van der Waals surface area contributed by atoms with Gasteiger partial charge in [-0.15, -0.1) is 0 Å². The summed E-state index contributed by atoms with van der Waals surface area (Å²) in [7, 11) is 2.08. The van der Waals surface area contributed by atoms with Crippen LogP contribution in [0.3, 0.4) is 0 Å². The topological polar surface area (TPSA) is 73.0 Å². The van der Waals surface area contributed by atoms with Crippen LogP contribution in [-0.4, -0.2) is 55.7 Å². The SMILES string of the molecule is CCNC(=NCC(C)(O)c1ccc(C)o1)NCCN(C)CC. The number of aliphatic hydroxyl groups is 1. The Hall–Kier alpha value is -1.53. The lowest BCUT2D eigenvalue weighted by Crippen LogP contribution is -2.41. The monoisotopic (exact) mass is 310 g/mol. The van der Waals surface area contributed by atoms with E-state index < -0.39 is 5.60 Å². The van der Waals surface area contributed by atoms with Gasteiger partial charge in [0.1, 0.15) is 17.1 Å². The zero-order chi connectivity index (χ0) is 16.6. The minimum Gasteiger partial charge on any atom is -0.463 e. The van der Waals surface area contributed by atoms with Gasteiger partial charge >= 0.3 is 0 Å². The summed E-state index contributed by atoms with van der Waals surface area (Å²) in [6.07, 6.45) is 0. The Labute approximate surface area is 133 Å². The molecule has 1 aromatic rings. The third-order valence-corrected chi connectivity index (χ3v) is 3.49. The second kappa shape index (κ2) is 8.80. The molecule has 6 nitrogen and oxygen atoms in total. The van der Waals surface area contributed by atoms with E-state index in [0.717, 1.165) is 31.9 Å². The lowest BCUT2D eigenvalue weighted by molar-refractivity contribution is 0.0428. The first kappa shape index (κ1) is 18.5. The van der Waals surface area contributed by atoms with Gasteiger partial charge in [-0.2, -0.15) is 0 Å². The van der Waals surface area contributed by atoms with Crippen molar-refractivity contribution in [3.05, 3.63) is 23.7 Å². The number of rotatable bonds is 8. The standard InChI is InChI=1S/C16H30N4O2/c1-6-17-15(18-10-11-20(5)7-2)19-12-16(4,21)14-9-8-13(3)22-14/h8-9,21H,6-7,10-12H2,1-5H3,(H2,17,18,19). The number of guanidine groups is 1. The van der Waals surface area contributed by atoms with Crippen LogP contribution in [0.2, 0.25) is 0 Å². The average Bonchev–Trinajstić information content (AvgIpc) is 2.92. The molecule has 22 heavy (non-hydrogen) atoms. The van der Waals surface area contributed by atoms with E-state index in [1.165, 1.54) is 0 Å². The van der Waals surface area contributed by atoms with Gasteiger partial charge in [0.15, 0.2) is 5.96 Å². The summed E-state index contributed by atoms with van der Waals surface area (Å²) in [6.45, 7) is 11.5. The first-order chi connectivity index (χ1) is 10.4. The van der Waals surface area contributed by atoms with Crippen molar-refractivity contribution in [2.24, 2.45) is 4.99 Å². The molecule has 0 saturated carbocycles. The Morgan fingerprint density at radius 1 is 1.36 bits per heavy atom. The molecule has 0 aliphatic heterocycles. The van der Waals surface area contributed by atoms with Crippen LogP contribution in [0, 0.1) is 6.92 Å². The molecule has 0 fully saturated rings. The van der Waals surface area contributed by atoms with Crippen molar-refractivity contribution in [2.45, 2.75) is 33.3 Å². The molecule has 0 saturated heterocycles. The van der Waals surface area contributed by atoms with Crippen LogP contribution in [0.5, 0.6) is 0 Å². The number of aryl methyl sites for hydroxylation is 1. The molecule has 1 atom stereocenters. The van der Waals surface area contributed by atoms with Crippen LogP contribution in [0.1, 0.15) is 32.3 Å². The van der Waals surface area contributed by atoms with Crippen molar-refractivity contribution in [3.63, 3.8) is 0 Å². The van der Waals surface area contributed by atoms with E-state index in [0.29, 0.717) is 11.7 Å². The molecule has 1 unspecified atom stereocenters. The smallest absolute Gasteiger partial charge is 0.191 e. The van der Waals surface area contributed by atoms with E-state index in [1.807, 2.05) is 19.9 Å². The van der Waals surface area contributed by atoms with Crippen molar-refractivity contribution in [3.8, 4) is 0 Å². The molecule has 126 valence electrons. The van der Waals surface area contributed by atoms with Crippen LogP contribution in [-0.2, 0) is 5.60 Å². The molecule has 0 amide bonds. The molecular weight excluding hydrogens is 280 g/mol. The number of hydrogen-bond acceptors (Lipinski definition) is 4. The fourth-order valence-electron chi connectivity index (χ4n) is 1.90. The van der Waals surface area contributed by atoms with Crippen LogP contribution in [0.15, 0.2) is 21.5 Å². The summed E-state index contributed by atoms with van der Waals surface area (Å²) in [5.41, 5.74) is -1.11. The van der Waals surface area contributed by atoms with E-state index in [4.69, 9.17) is 4.42 Å². The van der Waals surface area contributed by atoms with Crippen molar-refractivity contribution < 1.29 is 9.52 Å². The zero-order valence-electron chi connectivity index (χ0n) is 14.4. The molecule has 3 N–H and O–H groups in total. The maximum atomic E-state index is 10.5. The number of furan rings is 1. The molecule has 1 rings (SSSR count). The molecule has 0 bridgehead atoms. The highest BCUT2D eigenvalue weighted by molar-refractivity contribution is 5.79. The third-order valence-electron chi connectivity index (χ3n) is 3.49.